The number of carbonyl (C=O) groups excluding carboxylic acids is 1. The maximum atomic E-state index is 12.2. The van der Waals surface area contributed by atoms with Gasteiger partial charge in [-0.15, -0.1) is 0 Å². The monoisotopic (exact) mass is 331 g/mol. The molecule has 0 aliphatic heterocycles. The first kappa shape index (κ1) is 16.7. The summed E-state index contributed by atoms with van der Waals surface area (Å²) < 4.78 is 1.90. The zero-order valence-corrected chi connectivity index (χ0v) is 14.7. The number of nitrogens with one attached hydrogen (secondary N) is 1. The lowest BCUT2D eigenvalue weighted by molar-refractivity contribution is -0.111. The molecule has 0 saturated carbocycles. The first-order chi connectivity index (χ1) is 12.0. The highest BCUT2D eigenvalue weighted by molar-refractivity contribution is 6.02. The van der Waals surface area contributed by atoms with Crippen LogP contribution in [0.5, 0.6) is 0 Å². The smallest absolute Gasteiger partial charge is 0.248 e. The largest absolute Gasteiger partial charge is 0.323 e. The summed E-state index contributed by atoms with van der Waals surface area (Å²) in [5.41, 5.74) is 5.76. The Morgan fingerprint density at radius 1 is 1.04 bits per heavy atom. The van der Waals surface area contributed by atoms with Gasteiger partial charge in [0.05, 0.1) is 11.4 Å². The molecule has 0 fully saturated rings. The lowest BCUT2D eigenvalue weighted by atomic mass is 10.1. The molecule has 0 radical (unpaired) electrons. The van der Waals surface area contributed by atoms with Crippen molar-refractivity contribution in [3.63, 3.8) is 0 Å². The zero-order valence-electron chi connectivity index (χ0n) is 14.7. The third kappa shape index (κ3) is 3.86. The van der Waals surface area contributed by atoms with Crippen LogP contribution in [0.25, 0.3) is 11.8 Å². The van der Waals surface area contributed by atoms with Crippen molar-refractivity contribution in [1.29, 1.82) is 0 Å². The van der Waals surface area contributed by atoms with Gasteiger partial charge in [0.25, 0.3) is 0 Å². The van der Waals surface area contributed by atoms with E-state index < -0.39 is 0 Å². The Morgan fingerprint density at radius 3 is 2.52 bits per heavy atom. The minimum Gasteiger partial charge on any atom is -0.323 e. The fraction of sp³-hybridized carbons (Fsp3) is 0.143. The highest BCUT2D eigenvalue weighted by Crippen LogP contribution is 2.19. The lowest BCUT2D eigenvalue weighted by Gasteiger charge is -2.04. The van der Waals surface area contributed by atoms with E-state index in [1.165, 1.54) is 0 Å². The van der Waals surface area contributed by atoms with Gasteiger partial charge in [-0.25, -0.2) is 4.68 Å². The van der Waals surface area contributed by atoms with Gasteiger partial charge in [0.2, 0.25) is 5.91 Å². The van der Waals surface area contributed by atoms with Gasteiger partial charge in [-0.1, -0.05) is 30.3 Å². The van der Waals surface area contributed by atoms with Gasteiger partial charge >= 0.3 is 0 Å². The molecule has 0 atom stereocenters. The van der Waals surface area contributed by atoms with Crippen LogP contribution in [-0.4, -0.2) is 15.7 Å². The average Bonchev–Trinajstić information content (AvgIpc) is 2.88. The highest BCUT2D eigenvalue weighted by atomic mass is 16.1. The molecular formula is C21H21N3O. The number of hydrogen-bond donors (Lipinski definition) is 1. The number of amides is 1. The van der Waals surface area contributed by atoms with Crippen molar-refractivity contribution < 1.29 is 4.79 Å². The summed E-state index contributed by atoms with van der Waals surface area (Å²) in [6.07, 6.45) is 3.37. The van der Waals surface area contributed by atoms with Crippen molar-refractivity contribution in [3.05, 3.63) is 83.2 Å². The second kappa shape index (κ2) is 7.18. The van der Waals surface area contributed by atoms with E-state index in [1.54, 1.807) is 6.08 Å². The van der Waals surface area contributed by atoms with Crippen LogP contribution in [0, 0.1) is 20.8 Å². The van der Waals surface area contributed by atoms with Crippen molar-refractivity contribution in [2.45, 2.75) is 20.8 Å². The van der Waals surface area contributed by atoms with Crippen LogP contribution in [0.2, 0.25) is 0 Å². The van der Waals surface area contributed by atoms with Gasteiger partial charge in [0.1, 0.15) is 0 Å². The number of aryl methyl sites for hydroxylation is 2. The maximum Gasteiger partial charge on any atom is 0.248 e. The number of benzene rings is 2. The summed E-state index contributed by atoms with van der Waals surface area (Å²) >= 11 is 0. The molecule has 1 N–H and O–H groups in total. The maximum absolute atomic E-state index is 12.2. The van der Waals surface area contributed by atoms with Crippen molar-refractivity contribution in [3.8, 4) is 5.69 Å². The van der Waals surface area contributed by atoms with Crippen molar-refractivity contribution in [1.82, 2.24) is 9.78 Å². The van der Waals surface area contributed by atoms with E-state index in [0.717, 1.165) is 33.9 Å². The molecular weight excluding hydrogens is 310 g/mol. The van der Waals surface area contributed by atoms with Gasteiger partial charge in [-0.3, -0.25) is 4.79 Å². The first-order valence-corrected chi connectivity index (χ1v) is 8.22. The van der Waals surface area contributed by atoms with Gasteiger partial charge in [0, 0.05) is 23.0 Å². The third-order valence-corrected chi connectivity index (χ3v) is 4.04. The number of hydrogen-bond acceptors (Lipinski definition) is 2. The Morgan fingerprint density at radius 2 is 1.80 bits per heavy atom. The molecule has 1 aromatic heterocycles. The molecule has 25 heavy (non-hydrogen) atoms. The van der Waals surface area contributed by atoms with Crippen LogP contribution in [0.4, 0.5) is 5.69 Å². The standard InChI is InChI=1S/C21H21N3O/c1-15-8-7-9-18(14-15)22-21(25)13-12-20-16(2)23-24(17(20)3)19-10-5-4-6-11-19/h4-14H,1-3H3,(H,22,25)/b13-12+. The predicted octanol–water partition coefficient (Wildman–Crippen LogP) is 4.45. The second-order valence-corrected chi connectivity index (χ2v) is 6.02. The summed E-state index contributed by atoms with van der Waals surface area (Å²) in [4.78, 5) is 12.2. The van der Waals surface area contributed by atoms with Gasteiger partial charge < -0.3 is 5.32 Å². The summed E-state index contributed by atoms with van der Waals surface area (Å²) in [6, 6.07) is 17.7. The first-order valence-electron chi connectivity index (χ1n) is 8.22. The predicted molar refractivity (Wildman–Crippen MR) is 102 cm³/mol. The van der Waals surface area contributed by atoms with E-state index in [-0.39, 0.29) is 5.91 Å². The third-order valence-electron chi connectivity index (χ3n) is 4.04. The van der Waals surface area contributed by atoms with E-state index in [4.69, 9.17) is 0 Å². The van der Waals surface area contributed by atoms with Gasteiger partial charge in [-0.2, -0.15) is 5.10 Å². The van der Waals surface area contributed by atoms with Crippen LogP contribution < -0.4 is 5.32 Å². The molecule has 0 bridgehead atoms. The van der Waals surface area contributed by atoms with E-state index in [0.29, 0.717) is 0 Å². The van der Waals surface area contributed by atoms with Crippen LogP contribution in [0.1, 0.15) is 22.5 Å². The van der Waals surface area contributed by atoms with Crippen molar-refractivity contribution >= 4 is 17.7 Å². The lowest BCUT2D eigenvalue weighted by Crippen LogP contribution is -2.07. The Kier molecular flexibility index (Phi) is 4.80. The number of nitrogens with zero attached hydrogens (tertiary/aromatic N) is 2. The fourth-order valence-electron chi connectivity index (χ4n) is 2.78. The molecule has 0 aliphatic carbocycles. The molecule has 4 heteroatoms. The minimum absolute atomic E-state index is 0.156. The molecule has 2 aromatic carbocycles. The normalized spacial score (nSPS) is 11.0. The van der Waals surface area contributed by atoms with Gasteiger partial charge in [-0.05, 0) is 56.7 Å². The van der Waals surface area contributed by atoms with E-state index in [1.807, 2.05) is 86.1 Å². The Labute approximate surface area is 147 Å². The summed E-state index contributed by atoms with van der Waals surface area (Å²) in [5, 5.41) is 7.47. The van der Waals surface area contributed by atoms with Gasteiger partial charge in [0.15, 0.2) is 0 Å². The summed E-state index contributed by atoms with van der Waals surface area (Å²) in [5.74, 6) is -0.156. The van der Waals surface area contributed by atoms with Crippen LogP contribution in [-0.2, 0) is 4.79 Å². The number of aromatic nitrogens is 2. The second-order valence-electron chi connectivity index (χ2n) is 6.02. The molecule has 4 nitrogen and oxygen atoms in total. The van der Waals surface area contributed by atoms with E-state index >= 15 is 0 Å². The van der Waals surface area contributed by atoms with Crippen LogP contribution in [0.15, 0.2) is 60.7 Å². The molecule has 0 spiro atoms. The molecule has 1 amide bonds. The van der Waals surface area contributed by atoms with Crippen molar-refractivity contribution in [2.75, 3.05) is 5.32 Å². The summed E-state index contributed by atoms with van der Waals surface area (Å²) in [7, 11) is 0. The Balaban J connectivity index is 1.80. The molecule has 0 aliphatic rings. The average molecular weight is 331 g/mol. The Bertz CT molecular complexity index is 924. The number of anilines is 1. The quantitative estimate of drug-likeness (QED) is 0.718. The number of carbonyl (C=O) groups is 1. The Hall–Kier alpha value is -3.14. The zero-order chi connectivity index (χ0) is 17.8. The highest BCUT2D eigenvalue weighted by Gasteiger charge is 2.10. The topological polar surface area (TPSA) is 46.9 Å². The molecule has 1 heterocycles. The molecule has 3 rings (SSSR count). The minimum atomic E-state index is -0.156. The van der Waals surface area contributed by atoms with Crippen LogP contribution >= 0.6 is 0 Å². The molecule has 0 unspecified atom stereocenters. The summed E-state index contributed by atoms with van der Waals surface area (Å²) in [6.45, 7) is 5.95. The number of para-hydroxylation sites is 1. The van der Waals surface area contributed by atoms with Crippen LogP contribution in [0.3, 0.4) is 0 Å². The fourth-order valence-corrected chi connectivity index (χ4v) is 2.78. The molecule has 3 aromatic rings. The van der Waals surface area contributed by atoms with Crippen molar-refractivity contribution in [2.24, 2.45) is 0 Å². The van der Waals surface area contributed by atoms with E-state index in [9.17, 15) is 4.79 Å². The number of rotatable bonds is 4. The molecule has 126 valence electrons. The van der Waals surface area contributed by atoms with E-state index in [2.05, 4.69) is 10.4 Å². The SMILES string of the molecule is Cc1cccc(NC(=O)/C=C/c2c(C)nn(-c3ccccc3)c2C)c1. The molecule has 0 saturated heterocycles.